The van der Waals surface area contributed by atoms with Crippen LogP contribution in [0.5, 0.6) is 5.75 Å². The van der Waals surface area contributed by atoms with Gasteiger partial charge in [-0.05, 0) is 42.0 Å². The van der Waals surface area contributed by atoms with Gasteiger partial charge in [-0.25, -0.2) is 0 Å². The van der Waals surface area contributed by atoms with Crippen molar-refractivity contribution in [3.63, 3.8) is 0 Å². The molecule has 3 heteroatoms. The molecule has 19 heavy (non-hydrogen) atoms. The monoisotopic (exact) mass is 250 g/mol. The largest absolute Gasteiger partial charge is 0.481 e. The Labute approximate surface area is 112 Å². The summed E-state index contributed by atoms with van der Waals surface area (Å²) in [6, 6.07) is 17.3. The Morgan fingerprint density at radius 1 is 1.11 bits per heavy atom. The molecule has 0 saturated heterocycles. The molecule has 0 heterocycles. The number of rotatable bonds is 5. The van der Waals surface area contributed by atoms with E-state index in [1.54, 1.807) is 6.21 Å². The van der Waals surface area contributed by atoms with Crippen LogP contribution in [0.15, 0.2) is 59.7 Å². The highest BCUT2D eigenvalue weighted by molar-refractivity contribution is 5.80. The first-order valence-corrected chi connectivity index (χ1v) is 5.89. The second-order valence-electron chi connectivity index (χ2n) is 3.80. The third-order valence-electron chi connectivity index (χ3n) is 2.38. The van der Waals surface area contributed by atoms with E-state index in [0.717, 1.165) is 17.0 Å². The van der Waals surface area contributed by atoms with Crippen LogP contribution in [-0.4, -0.2) is 12.8 Å². The quantitative estimate of drug-likeness (QED) is 0.502. The van der Waals surface area contributed by atoms with E-state index < -0.39 is 0 Å². The van der Waals surface area contributed by atoms with Gasteiger partial charge in [0.1, 0.15) is 12.4 Å². The van der Waals surface area contributed by atoms with Gasteiger partial charge in [0.25, 0.3) is 0 Å². The molecule has 0 amide bonds. The highest BCUT2D eigenvalue weighted by Gasteiger charge is 1.92. The molecule has 0 unspecified atom stereocenters. The maximum absolute atomic E-state index is 5.29. The number of para-hydroxylation sites is 1. The van der Waals surface area contributed by atoms with E-state index in [4.69, 9.17) is 11.2 Å². The molecule has 0 aliphatic rings. The number of hydrazone groups is 1. The number of hydrogen-bond donors (Lipinski definition) is 1. The van der Waals surface area contributed by atoms with Crippen LogP contribution in [0.25, 0.3) is 0 Å². The van der Waals surface area contributed by atoms with Gasteiger partial charge in [0.05, 0.1) is 11.9 Å². The van der Waals surface area contributed by atoms with Crippen molar-refractivity contribution in [3.05, 3.63) is 60.2 Å². The zero-order valence-electron chi connectivity index (χ0n) is 10.4. The van der Waals surface area contributed by atoms with Crippen molar-refractivity contribution in [1.29, 1.82) is 0 Å². The zero-order valence-corrected chi connectivity index (χ0v) is 10.4. The molecular weight excluding hydrogens is 236 g/mol. The maximum Gasteiger partial charge on any atom is 0.148 e. The first kappa shape index (κ1) is 12.7. The predicted molar refractivity (Wildman–Crippen MR) is 78.4 cm³/mol. The van der Waals surface area contributed by atoms with Crippen LogP contribution in [0.2, 0.25) is 0 Å². The van der Waals surface area contributed by atoms with Gasteiger partial charge >= 0.3 is 0 Å². The fourth-order valence-corrected chi connectivity index (χ4v) is 1.47. The molecule has 3 nitrogen and oxygen atoms in total. The summed E-state index contributed by atoms with van der Waals surface area (Å²) in [5.41, 5.74) is 4.89. The fourth-order valence-electron chi connectivity index (χ4n) is 1.47. The van der Waals surface area contributed by atoms with Crippen molar-refractivity contribution < 1.29 is 4.74 Å². The van der Waals surface area contributed by atoms with Gasteiger partial charge in [0, 0.05) is 0 Å². The summed E-state index contributed by atoms with van der Waals surface area (Å²) in [5.74, 6) is 3.18. The third kappa shape index (κ3) is 4.21. The van der Waals surface area contributed by atoms with Gasteiger partial charge in [-0.2, -0.15) is 5.10 Å². The Morgan fingerprint density at radius 2 is 1.84 bits per heavy atom. The van der Waals surface area contributed by atoms with E-state index in [-0.39, 0.29) is 6.61 Å². The number of nitrogens with one attached hydrogen (secondary N) is 1. The van der Waals surface area contributed by atoms with E-state index in [9.17, 15) is 0 Å². The minimum atomic E-state index is 0.281. The van der Waals surface area contributed by atoms with Crippen LogP contribution in [0.3, 0.4) is 0 Å². The molecule has 0 aliphatic carbocycles. The molecule has 0 aliphatic heterocycles. The molecule has 2 aromatic carbocycles. The van der Waals surface area contributed by atoms with E-state index in [1.807, 2.05) is 54.6 Å². The molecule has 94 valence electrons. The van der Waals surface area contributed by atoms with Gasteiger partial charge in [0.2, 0.25) is 0 Å². The minimum absolute atomic E-state index is 0.281. The number of terminal acetylenes is 1. The summed E-state index contributed by atoms with van der Waals surface area (Å²) in [6.45, 7) is 0.281. The van der Waals surface area contributed by atoms with Crippen molar-refractivity contribution in [2.75, 3.05) is 12.0 Å². The molecule has 0 aromatic heterocycles. The van der Waals surface area contributed by atoms with Gasteiger partial charge < -0.3 is 4.74 Å². The van der Waals surface area contributed by atoms with Crippen LogP contribution >= 0.6 is 0 Å². The molecule has 0 spiro atoms. The van der Waals surface area contributed by atoms with E-state index in [0.29, 0.717) is 0 Å². The van der Waals surface area contributed by atoms with E-state index in [1.165, 1.54) is 0 Å². The molecule has 0 radical (unpaired) electrons. The van der Waals surface area contributed by atoms with Crippen molar-refractivity contribution >= 4 is 11.9 Å². The van der Waals surface area contributed by atoms with Crippen LogP contribution in [0, 0.1) is 12.3 Å². The highest BCUT2D eigenvalue weighted by Crippen LogP contribution is 2.11. The Balaban J connectivity index is 1.91. The molecule has 2 rings (SSSR count). The molecule has 2 aromatic rings. The van der Waals surface area contributed by atoms with Crippen LogP contribution in [0.1, 0.15) is 5.56 Å². The number of ether oxygens (including phenoxy) is 1. The Morgan fingerprint density at radius 3 is 2.53 bits per heavy atom. The van der Waals surface area contributed by atoms with Crippen LogP contribution in [0.4, 0.5) is 5.69 Å². The number of nitrogens with zero attached hydrogens (tertiary/aromatic N) is 1. The number of benzene rings is 2. The van der Waals surface area contributed by atoms with Gasteiger partial charge in [-0.3, -0.25) is 5.43 Å². The normalized spacial score (nSPS) is 10.1. The highest BCUT2D eigenvalue weighted by atomic mass is 16.5. The zero-order chi connectivity index (χ0) is 13.3. The van der Waals surface area contributed by atoms with Crippen LogP contribution < -0.4 is 10.2 Å². The van der Waals surface area contributed by atoms with E-state index >= 15 is 0 Å². The molecule has 0 fully saturated rings. The number of anilines is 1. The average Bonchev–Trinajstić information content (AvgIpc) is 2.47. The SMILES string of the molecule is C#CCOc1ccc(/C=N/Nc2ccccc2)cc1. The maximum atomic E-state index is 5.29. The van der Waals surface area contributed by atoms with Crippen molar-refractivity contribution in [2.45, 2.75) is 0 Å². The molecular formula is C16H14N2O. The topological polar surface area (TPSA) is 33.6 Å². The summed E-state index contributed by atoms with van der Waals surface area (Å²) in [4.78, 5) is 0. The fraction of sp³-hybridized carbons (Fsp3) is 0.0625. The summed E-state index contributed by atoms with van der Waals surface area (Å²) in [5, 5.41) is 4.16. The summed E-state index contributed by atoms with van der Waals surface area (Å²) in [6.07, 6.45) is 6.87. The predicted octanol–water partition coefficient (Wildman–Crippen LogP) is 3.14. The smallest absolute Gasteiger partial charge is 0.148 e. The first-order valence-electron chi connectivity index (χ1n) is 5.89. The second kappa shape index (κ2) is 6.87. The average molecular weight is 250 g/mol. The van der Waals surface area contributed by atoms with Crippen molar-refractivity contribution in [2.24, 2.45) is 5.10 Å². The summed E-state index contributed by atoms with van der Waals surface area (Å²) >= 11 is 0. The lowest BCUT2D eigenvalue weighted by molar-refractivity contribution is 0.370. The van der Waals surface area contributed by atoms with Crippen molar-refractivity contribution in [1.82, 2.24) is 0 Å². The summed E-state index contributed by atoms with van der Waals surface area (Å²) in [7, 11) is 0. The van der Waals surface area contributed by atoms with Gasteiger partial charge in [-0.15, -0.1) is 6.42 Å². The molecule has 1 N–H and O–H groups in total. The number of hydrogen-bond acceptors (Lipinski definition) is 3. The first-order chi connectivity index (χ1) is 9.38. The van der Waals surface area contributed by atoms with Gasteiger partial charge in [-0.1, -0.05) is 24.1 Å². The van der Waals surface area contributed by atoms with Gasteiger partial charge in [0.15, 0.2) is 0 Å². The van der Waals surface area contributed by atoms with Crippen LogP contribution in [-0.2, 0) is 0 Å². The Bertz CT molecular complexity index is 568. The standard InChI is InChI=1S/C16H14N2O/c1-2-12-19-16-10-8-14(9-11-16)13-17-18-15-6-4-3-5-7-15/h1,3-11,13,18H,12H2/b17-13+. The Kier molecular flexibility index (Phi) is 4.60. The lowest BCUT2D eigenvalue weighted by Gasteiger charge is -2.02. The lowest BCUT2D eigenvalue weighted by Crippen LogP contribution is -1.94. The molecule has 0 atom stereocenters. The minimum Gasteiger partial charge on any atom is -0.481 e. The second-order valence-corrected chi connectivity index (χ2v) is 3.80. The van der Waals surface area contributed by atoms with Crippen molar-refractivity contribution in [3.8, 4) is 18.1 Å². The lowest BCUT2D eigenvalue weighted by atomic mass is 10.2. The molecule has 0 saturated carbocycles. The molecule has 0 bridgehead atoms. The summed E-state index contributed by atoms with van der Waals surface area (Å²) < 4.78 is 5.29. The third-order valence-corrected chi connectivity index (χ3v) is 2.38. The van der Waals surface area contributed by atoms with E-state index in [2.05, 4.69) is 16.4 Å². The Hall–Kier alpha value is -2.73.